The topological polar surface area (TPSA) is 76.5 Å². The Labute approximate surface area is 326 Å². The van der Waals surface area contributed by atoms with E-state index in [0.29, 0.717) is 24.0 Å². The molecule has 9 rings (SSSR count). The van der Waals surface area contributed by atoms with E-state index in [0.717, 1.165) is 72.1 Å². The molecule has 0 aliphatic heterocycles. The molecular formula is C51H37N5. The van der Waals surface area contributed by atoms with Gasteiger partial charge in [0.2, 0.25) is 0 Å². The van der Waals surface area contributed by atoms with Gasteiger partial charge in [-0.05, 0) is 44.3 Å². The van der Waals surface area contributed by atoms with Crippen molar-refractivity contribution in [3.8, 4) is 45.0 Å². The molecular weight excluding hydrogens is 683 g/mol. The lowest BCUT2D eigenvalue weighted by Gasteiger charge is -2.15. The summed E-state index contributed by atoms with van der Waals surface area (Å²) in [6, 6.07) is 68.4. The van der Waals surface area contributed by atoms with Crippen molar-refractivity contribution in [3.63, 3.8) is 0 Å². The molecule has 0 atom stereocenters. The van der Waals surface area contributed by atoms with E-state index < -0.39 is 0 Å². The maximum atomic E-state index is 6.71. The molecule has 0 saturated carbocycles. The molecule has 2 N–H and O–H groups in total. The summed E-state index contributed by atoms with van der Waals surface area (Å²) in [5.74, 6) is 1.64. The molecule has 1 aromatic heterocycles. The number of aromatic nitrogens is 2. The molecule has 0 aliphatic carbocycles. The van der Waals surface area contributed by atoms with Crippen molar-refractivity contribution < 1.29 is 0 Å². The van der Waals surface area contributed by atoms with Crippen molar-refractivity contribution in [2.75, 3.05) is 0 Å². The van der Waals surface area contributed by atoms with Crippen molar-refractivity contribution in [2.24, 2.45) is 15.7 Å². The average molecular weight is 720 g/mol. The fourth-order valence-corrected chi connectivity index (χ4v) is 7.18. The monoisotopic (exact) mass is 719 g/mol. The van der Waals surface area contributed by atoms with Crippen molar-refractivity contribution in [1.29, 1.82) is 0 Å². The fourth-order valence-electron chi connectivity index (χ4n) is 7.18. The number of rotatable bonds is 8. The Morgan fingerprint density at radius 3 is 1.80 bits per heavy atom. The van der Waals surface area contributed by atoms with Gasteiger partial charge in [-0.1, -0.05) is 194 Å². The van der Waals surface area contributed by atoms with Crippen LogP contribution in [0, 0.1) is 0 Å². The Hall–Kier alpha value is -7.50. The second-order valence-electron chi connectivity index (χ2n) is 13.6. The van der Waals surface area contributed by atoms with Crippen LogP contribution in [-0.4, -0.2) is 21.6 Å². The molecule has 0 radical (unpaired) electrons. The Bertz CT molecular complexity index is 2860. The number of hydrogen-bond donors (Lipinski definition) is 1. The number of amidine groups is 2. The molecule has 56 heavy (non-hydrogen) atoms. The van der Waals surface area contributed by atoms with Gasteiger partial charge in [0.1, 0.15) is 5.84 Å². The highest BCUT2D eigenvalue weighted by molar-refractivity contribution is 6.19. The molecule has 9 aromatic rings. The summed E-state index contributed by atoms with van der Waals surface area (Å²) in [6.45, 7) is 0.456. The van der Waals surface area contributed by atoms with Gasteiger partial charge in [-0.2, -0.15) is 0 Å². The first-order valence-corrected chi connectivity index (χ1v) is 18.7. The highest BCUT2D eigenvalue weighted by atomic mass is 15.0. The van der Waals surface area contributed by atoms with Crippen LogP contribution in [0.4, 0.5) is 0 Å². The van der Waals surface area contributed by atoms with E-state index in [1.165, 1.54) is 5.39 Å². The van der Waals surface area contributed by atoms with Crippen LogP contribution in [0.5, 0.6) is 0 Å². The predicted molar refractivity (Wildman–Crippen MR) is 233 cm³/mol. The van der Waals surface area contributed by atoms with Gasteiger partial charge in [0.15, 0.2) is 11.7 Å². The van der Waals surface area contributed by atoms with E-state index in [-0.39, 0.29) is 0 Å². The second-order valence-corrected chi connectivity index (χ2v) is 13.6. The standard InChI is InChI=1S/C51H37N5/c52-49(40-21-8-3-9-22-40)56-51(53-34-35-15-4-1-5-16-35)48-43-25-13-11-18-37(43)31-32-44(48)38-27-29-41(30-28-38)50-54-46(39-19-6-2-7-20-39)33-47(55-50)45-26-14-23-36-17-10-12-24-42(36)45/h1-33H,34H2,(H2,52,53,56). The van der Waals surface area contributed by atoms with Crippen molar-refractivity contribution in [1.82, 2.24) is 9.97 Å². The average Bonchev–Trinajstić information content (AvgIpc) is 3.28. The predicted octanol–water partition coefficient (Wildman–Crippen LogP) is 11.8. The number of nitrogens with two attached hydrogens (primary N) is 1. The van der Waals surface area contributed by atoms with Gasteiger partial charge in [-0.25, -0.2) is 15.0 Å². The third-order valence-electron chi connectivity index (χ3n) is 10.0. The van der Waals surface area contributed by atoms with Gasteiger partial charge in [0.25, 0.3) is 0 Å². The second kappa shape index (κ2) is 15.5. The maximum Gasteiger partial charge on any atom is 0.160 e. The van der Waals surface area contributed by atoms with Gasteiger partial charge in [0, 0.05) is 27.8 Å². The van der Waals surface area contributed by atoms with Gasteiger partial charge < -0.3 is 5.73 Å². The van der Waals surface area contributed by atoms with Crippen molar-refractivity contribution >= 4 is 33.2 Å². The maximum absolute atomic E-state index is 6.71. The summed E-state index contributed by atoms with van der Waals surface area (Å²) in [4.78, 5) is 20.5. The van der Waals surface area contributed by atoms with Crippen LogP contribution in [0.15, 0.2) is 210 Å². The molecule has 0 aliphatic rings. The highest BCUT2D eigenvalue weighted by Gasteiger charge is 2.18. The first-order valence-electron chi connectivity index (χ1n) is 18.7. The lowest BCUT2D eigenvalue weighted by molar-refractivity contribution is 1.06. The summed E-state index contributed by atoms with van der Waals surface area (Å²) >= 11 is 0. The Morgan fingerprint density at radius 2 is 1.05 bits per heavy atom. The van der Waals surface area contributed by atoms with Crippen LogP contribution in [0.25, 0.3) is 66.6 Å². The van der Waals surface area contributed by atoms with E-state index in [9.17, 15) is 0 Å². The molecule has 0 amide bonds. The summed E-state index contributed by atoms with van der Waals surface area (Å²) in [7, 11) is 0. The van der Waals surface area contributed by atoms with Gasteiger partial charge >= 0.3 is 0 Å². The Kier molecular flexibility index (Phi) is 9.47. The van der Waals surface area contributed by atoms with E-state index in [1.807, 2.05) is 66.7 Å². The molecule has 5 heteroatoms. The minimum atomic E-state index is 0.407. The minimum Gasteiger partial charge on any atom is -0.383 e. The smallest absolute Gasteiger partial charge is 0.160 e. The number of benzene rings is 8. The number of hydrogen-bond acceptors (Lipinski definition) is 3. The van der Waals surface area contributed by atoms with Gasteiger partial charge in [0.05, 0.1) is 17.9 Å². The lowest BCUT2D eigenvalue weighted by atomic mass is 9.92. The zero-order valence-electron chi connectivity index (χ0n) is 30.6. The summed E-state index contributed by atoms with van der Waals surface area (Å²) in [6.07, 6.45) is 0. The molecule has 8 aromatic carbocycles. The van der Waals surface area contributed by atoms with Crippen molar-refractivity contribution in [3.05, 3.63) is 217 Å². The first-order chi connectivity index (χ1) is 27.7. The molecule has 0 spiro atoms. The largest absolute Gasteiger partial charge is 0.383 e. The Balaban J connectivity index is 1.18. The van der Waals surface area contributed by atoms with Crippen LogP contribution < -0.4 is 5.73 Å². The summed E-state index contributed by atoms with van der Waals surface area (Å²) in [5, 5.41) is 4.46. The molecule has 1 heterocycles. The molecule has 266 valence electrons. The summed E-state index contributed by atoms with van der Waals surface area (Å²) < 4.78 is 0. The van der Waals surface area contributed by atoms with Gasteiger partial charge in [-0.15, -0.1) is 0 Å². The molecule has 0 fully saturated rings. The zero-order chi connectivity index (χ0) is 37.7. The molecule has 5 nitrogen and oxygen atoms in total. The van der Waals surface area contributed by atoms with Crippen LogP contribution >= 0.6 is 0 Å². The van der Waals surface area contributed by atoms with E-state index in [4.69, 9.17) is 25.7 Å². The highest BCUT2D eigenvalue weighted by Crippen LogP contribution is 2.35. The van der Waals surface area contributed by atoms with E-state index in [2.05, 4.69) is 133 Å². The normalized spacial score (nSPS) is 11.9. The zero-order valence-corrected chi connectivity index (χ0v) is 30.6. The molecule has 0 bridgehead atoms. The fraction of sp³-hybridized carbons (Fsp3) is 0.0196. The van der Waals surface area contributed by atoms with Crippen molar-refractivity contribution in [2.45, 2.75) is 6.54 Å². The van der Waals surface area contributed by atoms with Crippen LogP contribution in [0.1, 0.15) is 16.7 Å². The third kappa shape index (κ3) is 7.09. The SMILES string of the molecule is NC(=NC(=NCc1ccccc1)c1c(-c2ccc(-c3nc(-c4ccccc4)cc(-c4cccc5ccccc45)n3)cc2)ccc2ccccc12)c1ccccc1. The summed E-state index contributed by atoms with van der Waals surface area (Å²) in [5.41, 5.74) is 16.3. The number of nitrogens with zero attached hydrogens (tertiary/aromatic N) is 4. The quantitative estimate of drug-likeness (QED) is 0.125. The van der Waals surface area contributed by atoms with Gasteiger partial charge in [-0.3, -0.25) is 4.99 Å². The van der Waals surface area contributed by atoms with E-state index in [1.54, 1.807) is 0 Å². The van der Waals surface area contributed by atoms with E-state index >= 15 is 0 Å². The lowest BCUT2D eigenvalue weighted by Crippen LogP contribution is -2.17. The minimum absolute atomic E-state index is 0.407. The Morgan fingerprint density at radius 1 is 0.464 bits per heavy atom. The molecule has 0 saturated heterocycles. The van der Waals surface area contributed by atoms with Crippen LogP contribution in [0.3, 0.4) is 0 Å². The van der Waals surface area contributed by atoms with Crippen LogP contribution in [0.2, 0.25) is 0 Å². The number of aliphatic imine (C=N–C) groups is 2. The third-order valence-corrected chi connectivity index (χ3v) is 10.0. The van der Waals surface area contributed by atoms with Crippen LogP contribution in [-0.2, 0) is 6.54 Å². The first kappa shape index (κ1) is 34.3. The molecule has 0 unspecified atom stereocenters. The number of fused-ring (bicyclic) bond motifs is 2.